The van der Waals surface area contributed by atoms with Gasteiger partial charge in [0.1, 0.15) is 0 Å². The van der Waals surface area contributed by atoms with Crippen molar-refractivity contribution in [3.05, 3.63) is 48.3 Å². The van der Waals surface area contributed by atoms with Gasteiger partial charge in [-0.05, 0) is 49.7 Å². The zero-order valence-electron chi connectivity index (χ0n) is 10.6. The molecule has 2 heterocycles. The number of aryl methyl sites for hydroxylation is 2. The van der Waals surface area contributed by atoms with Crippen LogP contribution in [0, 0.1) is 0 Å². The van der Waals surface area contributed by atoms with Gasteiger partial charge in [-0.2, -0.15) is 0 Å². The molecule has 0 saturated heterocycles. The van der Waals surface area contributed by atoms with Crippen LogP contribution in [0.15, 0.2) is 37.1 Å². The van der Waals surface area contributed by atoms with Crippen molar-refractivity contribution in [1.29, 1.82) is 0 Å². The van der Waals surface area contributed by atoms with E-state index in [1.165, 1.54) is 36.9 Å². The SMILES string of the molecule is c1cnc2c(c1)[C@H](CCCn1ccnc1)CCC2. The van der Waals surface area contributed by atoms with Gasteiger partial charge in [-0.15, -0.1) is 0 Å². The molecule has 0 amide bonds. The topological polar surface area (TPSA) is 30.7 Å². The van der Waals surface area contributed by atoms with Crippen molar-refractivity contribution < 1.29 is 0 Å². The van der Waals surface area contributed by atoms with Crippen LogP contribution in [0.25, 0.3) is 0 Å². The van der Waals surface area contributed by atoms with Crippen LogP contribution in [-0.4, -0.2) is 14.5 Å². The molecular weight excluding hydrogens is 222 g/mol. The van der Waals surface area contributed by atoms with E-state index in [1.54, 1.807) is 0 Å². The molecule has 1 atom stereocenters. The van der Waals surface area contributed by atoms with E-state index in [1.807, 2.05) is 24.9 Å². The lowest BCUT2D eigenvalue weighted by Crippen LogP contribution is -2.12. The highest BCUT2D eigenvalue weighted by atomic mass is 15.0. The first-order chi connectivity index (χ1) is 8.93. The fourth-order valence-corrected chi connectivity index (χ4v) is 2.94. The van der Waals surface area contributed by atoms with E-state index in [4.69, 9.17) is 0 Å². The molecule has 0 N–H and O–H groups in total. The van der Waals surface area contributed by atoms with Crippen LogP contribution in [0.4, 0.5) is 0 Å². The van der Waals surface area contributed by atoms with Gasteiger partial charge in [0.25, 0.3) is 0 Å². The Hall–Kier alpha value is -1.64. The molecule has 2 aromatic rings. The summed E-state index contributed by atoms with van der Waals surface area (Å²) in [5.41, 5.74) is 2.82. The Balaban J connectivity index is 1.60. The van der Waals surface area contributed by atoms with Gasteiger partial charge in [-0.1, -0.05) is 6.07 Å². The molecule has 94 valence electrons. The van der Waals surface area contributed by atoms with Crippen LogP contribution in [0.3, 0.4) is 0 Å². The third kappa shape index (κ3) is 2.45. The highest BCUT2D eigenvalue weighted by Crippen LogP contribution is 2.33. The first-order valence-electron chi connectivity index (χ1n) is 6.83. The number of imidazole rings is 1. The molecule has 0 saturated carbocycles. The van der Waals surface area contributed by atoms with Crippen molar-refractivity contribution >= 4 is 0 Å². The van der Waals surface area contributed by atoms with Gasteiger partial charge in [-0.3, -0.25) is 4.98 Å². The Morgan fingerprint density at radius 2 is 2.33 bits per heavy atom. The highest BCUT2D eigenvalue weighted by Gasteiger charge is 2.20. The molecule has 3 heteroatoms. The number of rotatable bonds is 4. The van der Waals surface area contributed by atoms with E-state index in [2.05, 4.69) is 26.7 Å². The summed E-state index contributed by atoms with van der Waals surface area (Å²) >= 11 is 0. The summed E-state index contributed by atoms with van der Waals surface area (Å²) in [5, 5.41) is 0. The van der Waals surface area contributed by atoms with E-state index in [-0.39, 0.29) is 0 Å². The minimum absolute atomic E-state index is 0.714. The van der Waals surface area contributed by atoms with E-state index >= 15 is 0 Å². The molecule has 3 nitrogen and oxygen atoms in total. The van der Waals surface area contributed by atoms with Gasteiger partial charge in [0.15, 0.2) is 0 Å². The third-order valence-electron chi connectivity index (χ3n) is 3.86. The predicted octanol–water partition coefficient (Wildman–Crippen LogP) is 3.18. The summed E-state index contributed by atoms with van der Waals surface area (Å²) < 4.78 is 2.16. The standard InChI is InChI=1S/C15H19N3/c1-4-13(5-3-10-18-11-9-16-12-18)14-6-2-8-17-15(14)7-1/h2,6,8-9,11-13H,1,3-5,7,10H2/t13-/m0/s1. The Morgan fingerprint density at radius 3 is 3.22 bits per heavy atom. The number of aromatic nitrogens is 3. The third-order valence-corrected chi connectivity index (χ3v) is 3.86. The van der Waals surface area contributed by atoms with Crippen molar-refractivity contribution in [3.63, 3.8) is 0 Å². The average molecular weight is 241 g/mol. The molecule has 18 heavy (non-hydrogen) atoms. The Bertz CT molecular complexity index is 490. The van der Waals surface area contributed by atoms with Crippen LogP contribution < -0.4 is 0 Å². The molecule has 0 aromatic carbocycles. The molecule has 1 aliphatic rings. The second-order valence-electron chi connectivity index (χ2n) is 5.07. The Morgan fingerprint density at radius 1 is 1.33 bits per heavy atom. The van der Waals surface area contributed by atoms with Crippen molar-refractivity contribution in [1.82, 2.24) is 14.5 Å². The van der Waals surface area contributed by atoms with Crippen molar-refractivity contribution in [2.45, 2.75) is 44.6 Å². The second-order valence-corrected chi connectivity index (χ2v) is 5.07. The van der Waals surface area contributed by atoms with E-state index in [0.29, 0.717) is 5.92 Å². The van der Waals surface area contributed by atoms with Gasteiger partial charge in [-0.25, -0.2) is 4.98 Å². The van der Waals surface area contributed by atoms with Crippen LogP contribution in [0.1, 0.15) is 42.9 Å². The van der Waals surface area contributed by atoms with Gasteiger partial charge in [0.2, 0.25) is 0 Å². The van der Waals surface area contributed by atoms with E-state index in [9.17, 15) is 0 Å². The number of hydrogen-bond donors (Lipinski definition) is 0. The Kier molecular flexibility index (Phi) is 3.40. The van der Waals surface area contributed by atoms with Crippen LogP contribution in [0.2, 0.25) is 0 Å². The molecule has 0 spiro atoms. The van der Waals surface area contributed by atoms with Crippen LogP contribution >= 0.6 is 0 Å². The zero-order chi connectivity index (χ0) is 12.2. The smallest absolute Gasteiger partial charge is 0.0945 e. The fourth-order valence-electron chi connectivity index (χ4n) is 2.94. The maximum absolute atomic E-state index is 4.51. The average Bonchev–Trinajstić information content (AvgIpc) is 2.92. The second kappa shape index (κ2) is 5.34. The minimum Gasteiger partial charge on any atom is -0.337 e. The minimum atomic E-state index is 0.714. The molecule has 2 aromatic heterocycles. The molecule has 3 rings (SSSR count). The van der Waals surface area contributed by atoms with E-state index in [0.717, 1.165) is 13.0 Å². The number of nitrogens with zero attached hydrogens (tertiary/aromatic N) is 3. The molecule has 0 fully saturated rings. The van der Waals surface area contributed by atoms with Crippen LogP contribution in [0.5, 0.6) is 0 Å². The lowest BCUT2D eigenvalue weighted by molar-refractivity contribution is 0.476. The number of fused-ring (bicyclic) bond motifs is 1. The fraction of sp³-hybridized carbons (Fsp3) is 0.467. The van der Waals surface area contributed by atoms with Gasteiger partial charge >= 0.3 is 0 Å². The van der Waals surface area contributed by atoms with Gasteiger partial charge in [0.05, 0.1) is 6.33 Å². The molecule has 0 radical (unpaired) electrons. The normalized spacial score (nSPS) is 18.6. The largest absolute Gasteiger partial charge is 0.337 e. The maximum atomic E-state index is 4.51. The van der Waals surface area contributed by atoms with Crippen LogP contribution in [-0.2, 0) is 13.0 Å². The number of pyridine rings is 1. The summed E-state index contributed by atoms with van der Waals surface area (Å²) in [7, 11) is 0. The lowest BCUT2D eigenvalue weighted by atomic mass is 9.83. The van der Waals surface area contributed by atoms with Gasteiger partial charge in [0, 0.05) is 30.8 Å². The van der Waals surface area contributed by atoms with Crippen molar-refractivity contribution in [3.8, 4) is 0 Å². The Labute approximate surface area is 108 Å². The predicted molar refractivity (Wildman–Crippen MR) is 71.4 cm³/mol. The molecule has 0 unspecified atom stereocenters. The van der Waals surface area contributed by atoms with E-state index < -0.39 is 0 Å². The van der Waals surface area contributed by atoms with Crippen molar-refractivity contribution in [2.24, 2.45) is 0 Å². The summed E-state index contributed by atoms with van der Waals surface area (Å²) in [6.45, 7) is 1.08. The molecule has 0 aliphatic heterocycles. The summed E-state index contributed by atoms with van der Waals surface area (Å²) in [6.07, 6.45) is 14.0. The quantitative estimate of drug-likeness (QED) is 0.823. The molecule has 1 aliphatic carbocycles. The zero-order valence-corrected chi connectivity index (χ0v) is 10.6. The summed E-state index contributed by atoms with van der Waals surface area (Å²) in [4.78, 5) is 8.59. The molecule has 0 bridgehead atoms. The summed E-state index contributed by atoms with van der Waals surface area (Å²) in [6, 6.07) is 4.34. The lowest BCUT2D eigenvalue weighted by Gasteiger charge is -2.24. The highest BCUT2D eigenvalue weighted by molar-refractivity contribution is 5.26. The first-order valence-corrected chi connectivity index (χ1v) is 6.83. The monoisotopic (exact) mass is 241 g/mol. The first kappa shape index (κ1) is 11.5. The maximum Gasteiger partial charge on any atom is 0.0945 e. The summed E-state index contributed by atoms with van der Waals surface area (Å²) in [5.74, 6) is 0.714. The number of hydrogen-bond acceptors (Lipinski definition) is 2. The molecular formula is C15H19N3. The van der Waals surface area contributed by atoms with Crippen molar-refractivity contribution in [2.75, 3.05) is 0 Å². The van der Waals surface area contributed by atoms with Gasteiger partial charge < -0.3 is 4.57 Å².